The van der Waals surface area contributed by atoms with Gasteiger partial charge in [-0.25, -0.2) is 0 Å². The number of aromatic nitrogens is 2. The van der Waals surface area contributed by atoms with Crippen LogP contribution < -0.4 is 0 Å². The van der Waals surface area contributed by atoms with Crippen LogP contribution in [0.15, 0.2) is 6.07 Å². The van der Waals surface area contributed by atoms with E-state index >= 15 is 0 Å². The van der Waals surface area contributed by atoms with E-state index in [0.29, 0.717) is 24.0 Å². The van der Waals surface area contributed by atoms with Gasteiger partial charge in [-0.1, -0.05) is 6.92 Å². The average Bonchev–Trinajstić information content (AvgIpc) is 2.50. The maximum atomic E-state index is 11.5. The van der Waals surface area contributed by atoms with Gasteiger partial charge in [0.25, 0.3) is 0 Å². The molecule has 1 aromatic rings. The van der Waals surface area contributed by atoms with Crippen molar-refractivity contribution in [3.8, 4) is 0 Å². The molecule has 1 aromatic heterocycles. The van der Waals surface area contributed by atoms with Crippen molar-refractivity contribution in [2.75, 3.05) is 0 Å². The van der Waals surface area contributed by atoms with Gasteiger partial charge in [0.15, 0.2) is 0 Å². The van der Waals surface area contributed by atoms with Crippen molar-refractivity contribution in [1.29, 1.82) is 0 Å². The molecule has 1 heterocycles. The normalized spacial score (nSPS) is 27.0. The van der Waals surface area contributed by atoms with Crippen LogP contribution in [-0.2, 0) is 11.8 Å². The van der Waals surface area contributed by atoms with Crippen LogP contribution in [0.25, 0.3) is 0 Å². The van der Waals surface area contributed by atoms with Crippen LogP contribution in [0, 0.1) is 12.8 Å². The van der Waals surface area contributed by atoms with Gasteiger partial charge in [0.2, 0.25) is 0 Å². The summed E-state index contributed by atoms with van der Waals surface area (Å²) in [6, 6.07) is 2.11. The van der Waals surface area contributed by atoms with E-state index in [2.05, 4.69) is 18.1 Å². The number of carbonyl (C=O) groups excluding carboxylic acids is 1. The highest BCUT2D eigenvalue weighted by molar-refractivity contribution is 5.80. The summed E-state index contributed by atoms with van der Waals surface area (Å²) in [7, 11) is 1.97. The number of aryl methyl sites for hydroxylation is 2. The van der Waals surface area contributed by atoms with E-state index in [0.717, 1.165) is 18.5 Å². The SMILES string of the molecule is Cc1cc(C2CC(=O)CCC2C)n(C)n1. The lowest BCUT2D eigenvalue weighted by molar-refractivity contribution is -0.121. The molecule has 0 N–H and O–H groups in total. The monoisotopic (exact) mass is 206 g/mol. The summed E-state index contributed by atoms with van der Waals surface area (Å²) in [5.41, 5.74) is 2.26. The second kappa shape index (κ2) is 3.80. The molecule has 0 aromatic carbocycles. The molecule has 1 aliphatic rings. The Morgan fingerprint density at radius 2 is 2.27 bits per heavy atom. The van der Waals surface area contributed by atoms with Crippen LogP contribution in [0.2, 0.25) is 0 Å². The zero-order chi connectivity index (χ0) is 11.0. The molecule has 1 aliphatic carbocycles. The molecule has 0 spiro atoms. The molecule has 1 fully saturated rings. The van der Waals surface area contributed by atoms with Gasteiger partial charge in [-0.3, -0.25) is 9.48 Å². The summed E-state index contributed by atoms with van der Waals surface area (Å²) in [6.07, 6.45) is 2.47. The summed E-state index contributed by atoms with van der Waals surface area (Å²) in [5.74, 6) is 1.37. The molecule has 0 saturated heterocycles. The first kappa shape index (κ1) is 10.4. The molecular weight excluding hydrogens is 188 g/mol. The van der Waals surface area contributed by atoms with Crippen LogP contribution in [0.3, 0.4) is 0 Å². The predicted molar refractivity (Wildman–Crippen MR) is 58.7 cm³/mol. The van der Waals surface area contributed by atoms with Gasteiger partial charge in [0.1, 0.15) is 5.78 Å². The number of hydrogen-bond donors (Lipinski definition) is 0. The molecule has 3 nitrogen and oxygen atoms in total. The van der Waals surface area contributed by atoms with Crippen molar-refractivity contribution in [1.82, 2.24) is 9.78 Å². The standard InChI is InChI=1S/C12H18N2O/c1-8-4-5-10(15)7-11(8)12-6-9(2)13-14(12)3/h6,8,11H,4-5,7H2,1-3H3. The zero-order valence-corrected chi connectivity index (χ0v) is 9.66. The molecule has 2 unspecified atom stereocenters. The van der Waals surface area contributed by atoms with E-state index in [-0.39, 0.29) is 0 Å². The van der Waals surface area contributed by atoms with Crippen molar-refractivity contribution >= 4 is 5.78 Å². The molecule has 15 heavy (non-hydrogen) atoms. The molecule has 82 valence electrons. The quantitative estimate of drug-likeness (QED) is 0.706. The Bertz CT molecular complexity index is 381. The van der Waals surface area contributed by atoms with Gasteiger partial charge < -0.3 is 0 Å². The molecule has 3 heteroatoms. The number of rotatable bonds is 1. The van der Waals surface area contributed by atoms with E-state index < -0.39 is 0 Å². The van der Waals surface area contributed by atoms with Gasteiger partial charge in [-0.15, -0.1) is 0 Å². The maximum absolute atomic E-state index is 11.5. The van der Waals surface area contributed by atoms with Crippen LogP contribution in [0.4, 0.5) is 0 Å². The summed E-state index contributed by atoms with van der Waals surface area (Å²) in [5, 5.41) is 4.35. The first-order valence-electron chi connectivity index (χ1n) is 5.60. The smallest absolute Gasteiger partial charge is 0.133 e. The first-order chi connectivity index (χ1) is 7.08. The summed E-state index contributed by atoms with van der Waals surface area (Å²) < 4.78 is 1.93. The highest BCUT2D eigenvalue weighted by Gasteiger charge is 2.29. The summed E-state index contributed by atoms with van der Waals surface area (Å²) in [4.78, 5) is 11.5. The Labute approximate surface area is 90.5 Å². The molecule has 0 amide bonds. The number of carbonyl (C=O) groups is 1. The topological polar surface area (TPSA) is 34.9 Å². The fourth-order valence-electron chi connectivity index (χ4n) is 2.51. The lowest BCUT2D eigenvalue weighted by Crippen LogP contribution is -2.23. The summed E-state index contributed by atoms with van der Waals surface area (Å²) >= 11 is 0. The van der Waals surface area contributed by atoms with Crippen LogP contribution in [0.5, 0.6) is 0 Å². The minimum atomic E-state index is 0.373. The van der Waals surface area contributed by atoms with Crippen LogP contribution >= 0.6 is 0 Å². The van der Waals surface area contributed by atoms with Crippen molar-refractivity contribution in [3.05, 3.63) is 17.5 Å². The van der Waals surface area contributed by atoms with E-state index in [1.807, 2.05) is 18.7 Å². The largest absolute Gasteiger partial charge is 0.300 e. The molecule has 0 bridgehead atoms. The third-order valence-corrected chi connectivity index (χ3v) is 3.43. The third kappa shape index (κ3) is 1.96. The second-order valence-corrected chi connectivity index (χ2v) is 4.70. The Morgan fingerprint density at radius 1 is 1.53 bits per heavy atom. The van der Waals surface area contributed by atoms with Gasteiger partial charge in [-0.2, -0.15) is 5.10 Å². The first-order valence-corrected chi connectivity index (χ1v) is 5.60. The van der Waals surface area contributed by atoms with E-state index in [1.165, 1.54) is 5.69 Å². The summed E-state index contributed by atoms with van der Waals surface area (Å²) in [6.45, 7) is 4.23. The molecule has 2 atom stereocenters. The van der Waals surface area contributed by atoms with Crippen molar-refractivity contribution < 1.29 is 4.79 Å². The zero-order valence-electron chi connectivity index (χ0n) is 9.66. The number of ketones is 1. The number of Topliss-reactive ketones (excluding diaryl/α,β-unsaturated/α-hetero) is 1. The molecule has 2 rings (SSSR count). The molecular formula is C12H18N2O. The Kier molecular flexibility index (Phi) is 2.63. The number of nitrogens with zero attached hydrogens (tertiary/aromatic N) is 2. The van der Waals surface area contributed by atoms with E-state index in [1.54, 1.807) is 0 Å². The van der Waals surface area contributed by atoms with Crippen molar-refractivity contribution in [3.63, 3.8) is 0 Å². The fraction of sp³-hybridized carbons (Fsp3) is 0.667. The van der Waals surface area contributed by atoms with Gasteiger partial charge in [-0.05, 0) is 25.3 Å². The predicted octanol–water partition coefficient (Wildman–Crippen LogP) is 2.20. The lowest BCUT2D eigenvalue weighted by Gasteiger charge is -2.27. The third-order valence-electron chi connectivity index (χ3n) is 3.43. The fourth-order valence-corrected chi connectivity index (χ4v) is 2.51. The van der Waals surface area contributed by atoms with Crippen LogP contribution in [0.1, 0.15) is 43.5 Å². The lowest BCUT2D eigenvalue weighted by atomic mass is 9.78. The van der Waals surface area contributed by atoms with Crippen LogP contribution in [-0.4, -0.2) is 15.6 Å². The van der Waals surface area contributed by atoms with Gasteiger partial charge >= 0.3 is 0 Å². The van der Waals surface area contributed by atoms with Crippen molar-refractivity contribution in [2.45, 2.75) is 39.0 Å². The van der Waals surface area contributed by atoms with E-state index in [4.69, 9.17) is 0 Å². The maximum Gasteiger partial charge on any atom is 0.133 e. The highest BCUT2D eigenvalue weighted by atomic mass is 16.1. The second-order valence-electron chi connectivity index (χ2n) is 4.70. The Hall–Kier alpha value is -1.12. The Morgan fingerprint density at radius 3 is 2.87 bits per heavy atom. The van der Waals surface area contributed by atoms with Gasteiger partial charge in [0.05, 0.1) is 5.69 Å². The minimum absolute atomic E-state index is 0.373. The highest BCUT2D eigenvalue weighted by Crippen LogP contribution is 2.35. The van der Waals surface area contributed by atoms with Gasteiger partial charge in [0, 0.05) is 31.5 Å². The molecule has 0 radical (unpaired) electrons. The molecule has 0 aliphatic heterocycles. The average molecular weight is 206 g/mol. The number of hydrogen-bond acceptors (Lipinski definition) is 2. The minimum Gasteiger partial charge on any atom is -0.300 e. The Balaban J connectivity index is 2.28. The van der Waals surface area contributed by atoms with E-state index in [9.17, 15) is 4.79 Å². The van der Waals surface area contributed by atoms with Crippen molar-refractivity contribution in [2.24, 2.45) is 13.0 Å². The molecule has 1 saturated carbocycles.